The van der Waals surface area contributed by atoms with Crippen LogP contribution in [0.15, 0.2) is 30.6 Å². The first-order valence-corrected chi connectivity index (χ1v) is 5.73. The summed E-state index contributed by atoms with van der Waals surface area (Å²) in [5.41, 5.74) is 1.50. The van der Waals surface area contributed by atoms with Crippen LogP contribution in [0.5, 0.6) is 0 Å². The van der Waals surface area contributed by atoms with Crippen molar-refractivity contribution < 1.29 is 0 Å². The van der Waals surface area contributed by atoms with Gasteiger partial charge >= 0.3 is 0 Å². The van der Waals surface area contributed by atoms with Gasteiger partial charge in [-0.2, -0.15) is 0 Å². The molecular formula is C13H16N2. The summed E-state index contributed by atoms with van der Waals surface area (Å²) in [6.07, 6.45) is 13.6. The molecule has 1 N–H and O–H groups in total. The van der Waals surface area contributed by atoms with Crippen LogP contribution in [0.2, 0.25) is 0 Å². The fourth-order valence-corrected chi connectivity index (χ4v) is 2.77. The third-order valence-corrected chi connectivity index (χ3v) is 3.65. The zero-order valence-corrected chi connectivity index (χ0v) is 8.82. The second-order valence-electron chi connectivity index (χ2n) is 4.69. The highest BCUT2D eigenvalue weighted by molar-refractivity contribution is 5.50. The van der Waals surface area contributed by atoms with Crippen LogP contribution >= 0.6 is 0 Å². The molecule has 1 aromatic heterocycles. The van der Waals surface area contributed by atoms with Gasteiger partial charge in [-0.15, -0.1) is 0 Å². The normalized spacial score (nSPS) is 34.0. The summed E-state index contributed by atoms with van der Waals surface area (Å²) >= 11 is 0. The second-order valence-corrected chi connectivity index (χ2v) is 4.69. The number of rotatable bonds is 2. The predicted octanol–water partition coefficient (Wildman–Crippen LogP) is 2.38. The minimum Gasteiger partial charge on any atom is -0.305 e. The summed E-state index contributed by atoms with van der Waals surface area (Å²) in [7, 11) is 0. The third-order valence-electron chi connectivity index (χ3n) is 3.65. The van der Waals surface area contributed by atoms with Crippen molar-refractivity contribution in [1.82, 2.24) is 10.3 Å². The van der Waals surface area contributed by atoms with Crippen LogP contribution in [-0.4, -0.2) is 16.6 Å². The fraction of sp³-hybridized carbons (Fsp3) is 0.462. The smallest absolute Gasteiger partial charge is 0.0370 e. The van der Waals surface area contributed by atoms with Crippen molar-refractivity contribution in [3.63, 3.8) is 0 Å². The van der Waals surface area contributed by atoms with E-state index in [0.717, 1.165) is 6.04 Å². The van der Waals surface area contributed by atoms with E-state index < -0.39 is 0 Å². The SMILES string of the molecule is C(=CC12CCC(CC1)N2)c1cccnc1. The topological polar surface area (TPSA) is 24.9 Å². The molecule has 15 heavy (non-hydrogen) atoms. The lowest BCUT2D eigenvalue weighted by Crippen LogP contribution is -2.33. The lowest BCUT2D eigenvalue weighted by atomic mass is 9.87. The monoisotopic (exact) mass is 200 g/mol. The van der Waals surface area contributed by atoms with Gasteiger partial charge in [0, 0.05) is 24.0 Å². The number of nitrogens with one attached hydrogen (secondary N) is 1. The van der Waals surface area contributed by atoms with Gasteiger partial charge in [-0.3, -0.25) is 4.98 Å². The molecule has 1 aromatic rings. The predicted molar refractivity (Wildman–Crippen MR) is 61.4 cm³/mol. The zero-order chi connectivity index (χ0) is 10.1. The summed E-state index contributed by atoms with van der Waals surface area (Å²) in [4.78, 5) is 4.12. The zero-order valence-electron chi connectivity index (χ0n) is 8.82. The van der Waals surface area contributed by atoms with Crippen molar-refractivity contribution in [2.75, 3.05) is 0 Å². The molecule has 3 heterocycles. The number of hydrogen-bond acceptors (Lipinski definition) is 2. The number of hydrogen-bond donors (Lipinski definition) is 1. The van der Waals surface area contributed by atoms with E-state index in [1.54, 1.807) is 0 Å². The summed E-state index contributed by atoms with van der Waals surface area (Å²) < 4.78 is 0. The summed E-state index contributed by atoms with van der Waals surface area (Å²) in [6, 6.07) is 4.86. The Morgan fingerprint density at radius 3 is 2.87 bits per heavy atom. The molecule has 2 heteroatoms. The van der Waals surface area contributed by atoms with Gasteiger partial charge < -0.3 is 5.32 Å². The van der Waals surface area contributed by atoms with Gasteiger partial charge in [0.1, 0.15) is 0 Å². The summed E-state index contributed by atoms with van der Waals surface area (Å²) in [5, 5.41) is 3.70. The Hall–Kier alpha value is -1.15. The highest BCUT2D eigenvalue weighted by atomic mass is 15.1. The molecule has 0 atom stereocenters. The van der Waals surface area contributed by atoms with Crippen LogP contribution < -0.4 is 5.32 Å². The third kappa shape index (κ3) is 1.70. The van der Waals surface area contributed by atoms with E-state index in [4.69, 9.17) is 0 Å². The van der Waals surface area contributed by atoms with E-state index in [-0.39, 0.29) is 0 Å². The molecule has 2 fully saturated rings. The Morgan fingerprint density at radius 1 is 1.40 bits per heavy atom. The Kier molecular flexibility index (Phi) is 2.10. The van der Waals surface area contributed by atoms with Gasteiger partial charge in [-0.05, 0) is 37.3 Å². The van der Waals surface area contributed by atoms with E-state index in [1.165, 1.54) is 31.2 Å². The Balaban J connectivity index is 1.78. The molecule has 0 amide bonds. The van der Waals surface area contributed by atoms with Crippen LogP contribution in [0.4, 0.5) is 0 Å². The number of pyridine rings is 1. The largest absolute Gasteiger partial charge is 0.305 e. The lowest BCUT2D eigenvalue weighted by Gasteiger charge is -2.21. The molecule has 2 nitrogen and oxygen atoms in total. The Bertz CT molecular complexity index is 361. The lowest BCUT2D eigenvalue weighted by molar-refractivity contribution is 0.480. The van der Waals surface area contributed by atoms with Gasteiger partial charge in [0.2, 0.25) is 0 Å². The van der Waals surface area contributed by atoms with Crippen LogP contribution in [0, 0.1) is 0 Å². The van der Waals surface area contributed by atoms with E-state index in [1.807, 2.05) is 18.5 Å². The van der Waals surface area contributed by atoms with Crippen molar-refractivity contribution in [2.24, 2.45) is 0 Å². The maximum Gasteiger partial charge on any atom is 0.0370 e. The van der Waals surface area contributed by atoms with Crippen LogP contribution in [0.3, 0.4) is 0 Å². The van der Waals surface area contributed by atoms with E-state index in [0.29, 0.717) is 5.54 Å². The molecule has 2 aliphatic rings. The molecule has 3 rings (SSSR count). The highest BCUT2D eigenvalue weighted by Crippen LogP contribution is 2.38. The standard InChI is InChI=1S/C13H16N2/c1-2-11(10-14-9-1)3-6-13-7-4-12(15-13)5-8-13/h1-3,6,9-10,12,15H,4-5,7-8H2. The maximum absolute atomic E-state index is 4.12. The minimum absolute atomic E-state index is 0.306. The van der Waals surface area contributed by atoms with Crippen molar-refractivity contribution >= 4 is 6.08 Å². The molecule has 2 bridgehead atoms. The Labute approximate surface area is 90.4 Å². The van der Waals surface area contributed by atoms with Gasteiger partial charge in [-0.25, -0.2) is 0 Å². The molecule has 2 aliphatic heterocycles. The molecule has 0 unspecified atom stereocenters. The van der Waals surface area contributed by atoms with Crippen molar-refractivity contribution in [3.8, 4) is 0 Å². The molecule has 78 valence electrons. The molecule has 0 radical (unpaired) electrons. The van der Waals surface area contributed by atoms with Crippen molar-refractivity contribution in [2.45, 2.75) is 37.3 Å². The molecule has 0 aliphatic carbocycles. The molecule has 0 saturated carbocycles. The van der Waals surface area contributed by atoms with Crippen LogP contribution in [0.1, 0.15) is 31.2 Å². The van der Waals surface area contributed by atoms with Gasteiger partial charge in [0.05, 0.1) is 0 Å². The second kappa shape index (κ2) is 3.46. The molecule has 2 saturated heterocycles. The summed E-state index contributed by atoms with van der Waals surface area (Å²) in [5.74, 6) is 0. The number of nitrogens with zero attached hydrogens (tertiary/aromatic N) is 1. The minimum atomic E-state index is 0.306. The van der Waals surface area contributed by atoms with Crippen molar-refractivity contribution in [3.05, 3.63) is 36.2 Å². The van der Waals surface area contributed by atoms with Crippen LogP contribution in [0.25, 0.3) is 6.08 Å². The van der Waals surface area contributed by atoms with Crippen LogP contribution in [-0.2, 0) is 0 Å². The first-order chi connectivity index (χ1) is 7.36. The van der Waals surface area contributed by atoms with Crippen molar-refractivity contribution in [1.29, 1.82) is 0 Å². The average molecular weight is 200 g/mol. The van der Waals surface area contributed by atoms with E-state index in [9.17, 15) is 0 Å². The maximum atomic E-state index is 4.12. The number of fused-ring (bicyclic) bond motifs is 2. The first kappa shape index (κ1) is 9.10. The quantitative estimate of drug-likeness (QED) is 0.792. The molecule has 0 spiro atoms. The fourth-order valence-electron chi connectivity index (χ4n) is 2.77. The van der Waals surface area contributed by atoms with E-state index in [2.05, 4.69) is 28.5 Å². The van der Waals surface area contributed by atoms with Gasteiger partial charge in [-0.1, -0.05) is 18.2 Å². The molecular weight excluding hydrogens is 184 g/mol. The number of aromatic nitrogens is 1. The average Bonchev–Trinajstić information content (AvgIpc) is 2.89. The molecule has 0 aromatic carbocycles. The van der Waals surface area contributed by atoms with Gasteiger partial charge in [0.25, 0.3) is 0 Å². The Morgan fingerprint density at radius 2 is 2.27 bits per heavy atom. The first-order valence-electron chi connectivity index (χ1n) is 5.73. The highest BCUT2D eigenvalue weighted by Gasteiger charge is 2.41. The summed E-state index contributed by atoms with van der Waals surface area (Å²) in [6.45, 7) is 0. The van der Waals surface area contributed by atoms with Gasteiger partial charge in [0.15, 0.2) is 0 Å². The van der Waals surface area contributed by atoms with E-state index >= 15 is 0 Å².